The monoisotopic (exact) mass is 255 g/mol. The van der Waals surface area contributed by atoms with Gasteiger partial charge >= 0.3 is 0 Å². The van der Waals surface area contributed by atoms with Gasteiger partial charge in [-0.1, -0.05) is 11.8 Å². The van der Waals surface area contributed by atoms with Gasteiger partial charge in [-0.25, -0.2) is 0 Å². The summed E-state index contributed by atoms with van der Waals surface area (Å²) in [6, 6.07) is 8.55. The minimum absolute atomic E-state index is 0.179. The zero-order chi connectivity index (χ0) is 13.7. The van der Waals surface area contributed by atoms with Crippen LogP contribution in [0.2, 0.25) is 0 Å². The van der Waals surface area contributed by atoms with E-state index in [1.165, 1.54) is 0 Å². The molecule has 0 spiro atoms. The molecule has 2 N–H and O–H groups in total. The first-order chi connectivity index (χ1) is 9.19. The second-order valence-electron chi connectivity index (χ2n) is 3.87. The molecule has 0 saturated carbocycles. The van der Waals surface area contributed by atoms with Crippen molar-refractivity contribution in [3.8, 4) is 11.8 Å². The molecule has 0 aliphatic heterocycles. The van der Waals surface area contributed by atoms with Crippen molar-refractivity contribution in [1.29, 1.82) is 0 Å². The number of nitrogens with zero attached hydrogens (tertiary/aromatic N) is 2. The molecule has 5 heteroatoms. The molecule has 0 atom stereocenters. The number of aliphatic hydroxyl groups excluding tert-OH is 1. The van der Waals surface area contributed by atoms with Gasteiger partial charge in [0.2, 0.25) is 0 Å². The topological polar surface area (TPSA) is 67.2 Å². The van der Waals surface area contributed by atoms with E-state index in [-0.39, 0.29) is 12.5 Å². The molecule has 19 heavy (non-hydrogen) atoms. The standard InChI is InChI=1S/C14H13N3O2/c1-17-9-8-13(16-17)15-14(19)12-6-4-11(5-7-12)3-2-10-18/h4-9,18H,10H2,1H3,(H,15,16,19). The third-order valence-corrected chi connectivity index (χ3v) is 2.41. The van der Waals surface area contributed by atoms with E-state index in [1.54, 1.807) is 48.3 Å². The van der Waals surface area contributed by atoms with Gasteiger partial charge in [-0.2, -0.15) is 5.10 Å². The smallest absolute Gasteiger partial charge is 0.256 e. The maximum atomic E-state index is 11.9. The lowest BCUT2D eigenvalue weighted by Gasteiger charge is -2.01. The van der Waals surface area contributed by atoms with Gasteiger partial charge in [0, 0.05) is 30.4 Å². The molecule has 2 rings (SSSR count). The van der Waals surface area contributed by atoms with Gasteiger partial charge in [0.15, 0.2) is 5.82 Å². The molecule has 5 nitrogen and oxygen atoms in total. The molecular formula is C14H13N3O2. The third-order valence-electron chi connectivity index (χ3n) is 2.41. The Bertz CT molecular complexity index is 633. The predicted molar refractivity (Wildman–Crippen MR) is 71.6 cm³/mol. The number of aliphatic hydroxyl groups is 1. The summed E-state index contributed by atoms with van der Waals surface area (Å²) in [6.07, 6.45) is 1.75. The quantitative estimate of drug-likeness (QED) is 0.787. The van der Waals surface area contributed by atoms with E-state index >= 15 is 0 Å². The van der Waals surface area contributed by atoms with E-state index in [4.69, 9.17) is 5.11 Å². The molecule has 1 aromatic carbocycles. The number of benzene rings is 1. The predicted octanol–water partition coefficient (Wildman–Crippen LogP) is 1.02. The fourth-order valence-corrected chi connectivity index (χ4v) is 1.52. The Morgan fingerprint density at radius 3 is 2.68 bits per heavy atom. The summed E-state index contributed by atoms with van der Waals surface area (Å²) in [7, 11) is 1.78. The molecule has 0 saturated heterocycles. The highest BCUT2D eigenvalue weighted by Crippen LogP contribution is 2.07. The van der Waals surface area contributed by atoms with Crippen LogP contribution in [-0.2, 0) is 7.05 Å². The number of aromatic nitrogens is 2. The van der Waals surface area contributed by atoms with Crippen LogP contribution >= 0.6 is 0 Å². The van der Waals surface area contributed by atoms with Crippen molar-refractivity contribution < 1.29 is 9.90 Å². The van der Waals surface area contributed by atoms with Gasteiger partial charge in [-0.05, 0) is 24.3 Å². The molecule has 0 fully saturated rings. The highest BCUT2D eigenvalue weighted by molar-refractivity contribution is 6.03. The Kier molecular flexibility index (Phi) is 3.96. The normalized spacial score (nSPS) is 9.58. The lowest BCUT2D eigenvalue weighted by molar-refractivity contribution is 0.102. The van der Waals surface area contributed by atoms with Crippen LogP contribution in [-0.4, -0.2) is 27.4 Å². The molecular weight excluding hydrogens is 242 g/mol. The van der Waals surface area contributed by atoms with Crippen LogP contribution in [0.4, 0.5) is 5.82 Å². The van der Waals surface area contributed by atoms with Crippen LogP contribution in [0.3, 0.4) is 0 Å². The Morgan fingerprint density at radius 1 is 1.37 bits per heavy atom. The lowest BCUT2D eigenvalue weighted by atomic mass is 10.1. The fraction of sp³-hybridized carbons (Fsp3) is 0.143. The summed E-state index contributed by atoms with van der Waals surface area (Å²) in [5, 5.41) is 15.4. The van der Waals surface area contributed by atoms with Crippen molar-refractivity contribution in [1.82, 2.24) is 9.78 Å². The van der Waals surface area contributed by atoms with Crippen molar-refractivity contribution in [2.45, 2.75) is 0 Å². The summed E-state index contributed by atoms with van der Waals surface area (Å²) < 4.78 is 1.61. The highest BCUT2D eigenvalue weighted by atomic mass is 16.2. The van der Waals surface area contributed by atoms with Crippen LogP contribution in [0, 0.1) is 11.8 Å². The van der Waals surface area contributed by atoms with Gasteiger partial charge in [0.25, 0.3) is 5.91 Å². The van der Waals surface area contributed by atoms with Gasteiger partial charge in [0.05, 0.1) is 0 Å². The van der Waals surface area contributed by atoms with Crippen molar-refractivity contribution in [3.05, 3.63) is 47.7 Å². The van der Waals surface area contributed by atoms with Gasteiger partial charge in [-0.3, -0.25) is 9.48 Å². The van der Waals surface area contributed by atoms with Crippen LogP contribution in [0.15, 0.2) is 36.5 Å². The van der Waals surface area contributed by atoms with Crippen LogP contribution < -0.4 is 5.32 Å². The van der Waals surface area contributed by atoms with Gasteiger partial charge in [-0.15, -0.1) is 0 Å². The molecule has 1 aromatic heterocycles. The average molecular weight is 255 g/mol. The zero-order valence-corrected chi connectivity index (χ0v) is 10.4. The van der Waals surface area contributed by atoms with Crippen molar-refractivity contribution in [3.63, 3.8) is 0 Å². The number of aryl methyl sites for hydroxylation is 1. The maximum absolute atomic E-state index is 11.9. The Labute approximate surface area is 110 Å². The van der Waals surface area contributed by atoms with Gasteiger partial charge in [0.1, 0.15) is 6.61 Å². The number of carbonyl (C=O) groups excluding carboxylic acids is 1. The molecule has 0 radical (unpaired) electrons. The molecule has 96 valence electrons. The third kappa shape index (κ3) is 3.44. The minimum atomic E-state index is -0.222. The summed E-state index contributed by atoms with van der Waals surface area (Å²) in [5.74, 6) is 5.60. The van der Waals surface area contributed by atoms with E-state index in [9.17, 15) is 4.79 Å². The molecule has 1 heterocycles. The second-order valence-corrected chi connectivity index (χ2v) is 3.87. The number of rotatable bonds is 2. The van der Waals surface area contributed by atoms with E-state index in [0.29, 0.717) is 11.4 Å². The van der Waals surface area contributed by atoms with E-state index in [2.05, 4.69) is 22.3 Å². The molecule has 0 unspecified atom stereocenters. The van der Waals surface area contributed by atoms with Crippen LogP contribution in [0.5, 0.6) is 0 Å². The number of anilines is 1. The fourth-order valence-electron chi connectivity index (χ4n) is 1.52. The van der Waals surface area contributed by atoms with Crippen molar-refractivity contribution >= 4 is 11.7 Å². The average Bonchev–Trinajstić information content (AvgIpc) is 2.82. The van der Waals surface area contributed by atoms with E-state index in [0.717, 1.165) is 5.56 Å². The lowest BCUT2D eigenvalue weighted by Crippen LogP contribution is -2.12. The van der Waals surface area contributed by atoms with Gasteiger partial charge < -0.3 is 10.4 Å². The summed E-state index contributed by atoms with van der Waals surface area (Å²) in [4.78, 5) is 11.9. The number of amides is 1. The summed E-state index contributed by atoms with van der Waals surface area (Å²) >= 11 is 0. The molecule has 0 bridgehead atoms. The highest BCUT2D eigenvalue weighted by Gasteiger charge is 2.06. The Hall–Kier alpha value is -2.58. The first-order valence-electron chi connectivity index (χ1n) is 5.70. The number of nitrogens with one attached hydrogen (secondary N) is 1. The Balaban J connectivity index is 2.07. The Morgan fingerprint density at radius 2 is 2.11 bits per heavy atom. The number of hydrogen-bond acceptors (Lipinski definition) is 3. The summed E-state index contributed by atoms with van der Waals surface area (Å²) in [5.41, 5.74) is 1.28. The molecule has 2 aromatic rings. The first kappa shape index (κ1) is 12.9. The zero-order valence-electron chi connectivity index (χ0n) is 10.4. The molecule has 1 amide bonds. The van der Waals surface area contributed by atoms with E-state index in [1.807, 2.05) is 0 Å². The van der Waals surface area contributed by atoms with Crippen LogP contribution in [0.1, 0.15) is 15.9 Å². The largest absolute Gasteiger partial charge is 0.384 e. The minimum Gasteiger partial charge on any atom is -0.384 e. The number of hydrogen-bond donors (Lipinski definition) is 2. The summed E-state index contributed by atoms with van der Waals surface area (Å²) in [6.45, 7) is -0.179. The number of carbonyl (C=O) groups is 1. The van der Waals surface area contributed by atoms with Crippen molar-refractivity contribution in [2.75, 3.05) is 11.9 Å². The molecule has 0 aliphatic rings. The maximum Gasteiger partial charge on any atom is 0.256 e. The van der Waals surface area contributed by atoms with E-state index < -0.39 is 0 Å². The van der Waals surface area contributed by atoms with Crippen molar-refractivity contribution in [2.24, 2.45) is 7.05 Å². The second kappa shape index (κ2) is 5.85. The first-order valence-corrected chi connectivity index (χ1v) is 5.70. The molecule has 0 aliphatic carbocycles. The van der Waals surface area contributed by atoms with Crippen LogP contribution in [0.25, 0.3) is 0 Å². The SMILES string of the molecule is Cn1ccc(NC(=O)c2ccc(C#CCO)cc2)n1.